The number of benzene rings is 2. The van der Waals surface area contributed by atoms with Gasteiger partial charge in [0.25, 0.3) is 0 Å². The molecule has 0 saturated heterocycles. The highest BCUT2D eigenvalue weighted by molar-refractivity contribution is 5.53. The Bertz CT molecular complexity index is 767. The van der Waals surface area contributed by atoms with Crippen LogP contribution in [-0.2, 0) is 6.42 Å². The Morgan fingerprint density at radius 2 is 1.48 bits per heavy atom. The van der Waals surface area contributed by atoms with E-state index in [1.54, 1.807) is 0 Å². The van der Waals surface area contributed by atoms with E-state index in [0.29, 0.717) is 13.2 Å². The maximum atomic E-state index is 5.86. The Morgan fingerprint density at radius 3 is 2.16 bits per heavy atom. The van der Waals surface area contributed by atoms with Gasteiger partial charge in [-0.25, -0.2) is 0 Å². The molecule has 2 aromatic carbocycles. The molecule has 0 aromatic heterocycles. The zero-order valence-electron chi connectivity index (χ0n) is 16.0. The molecular weight excluding hydrogens is 310 g/mol. The predicted octanol–water partition coefficient (Wildman–Crippen LogP) is 4.64. The van der Waals surface area contributed by atoms with Crippen LogP contribution in [0.1, 0.15) is 53.3 Å². The van der Waals surface area contributed by atoms with Crippen molar-refractivity contribution in [1.82, 2.24) is 5.32 Å². The average Bonchev–Trinajstić information content (AvgIpc) is 2.59. The molecule has 0 radical (unpaired) electrons. The van der Waals surface area contributed by atoms with Crippen LogP contribution in [0.15, 0.2) is 24.3 Å². The second-order valence-electron chi connectivity index (χ2n) is 6.79. The van der Waals surface area contributed by atoms with Crippen LogP contribution in [0, 0.1) is 20.8 Å². The van der Waals surface area contributed by atoms with Crippen molar-refractivity contribution in [3.63, 3.8) is 0 Å². The van der Waals surface area contributed by atoms with Gasteiger partial charge in [-0.15, -0.1) is 0 Å². The molecule has 3 rings (SSSR count). The minimum absolute atomic E-state index is 0.206. The molecule has 0 bridgehead atoms. The van der Waals surface area contributed by atoms with Gasteiger partial charge in [-0.05, 0) is 86.6 Å². The van der Waals surface area contributed by atoms with Gasteiger partial charge in [0.15, 0.2) is 11.5 Å². The molecule has 25 heavy (non-hydrogen) atoms. The number of hydrogen-bond acceptors (Lipinski definition) is 3. The van der Waals surface area contributed by atoms with Crippen LogP contribution in [0.25, 0.3) is 0 Å². The summed E-state index contributed by atoms with van der Waals surface area (Å²) in [5.74, 6) is 1.71. The number of nitrogens with one attached hydrogen (secondary N) is 1. The van der Waals surface area contributed by atoms with Gasteiger partial charge in [0.1, 0.15) is 0 Å². The lowest BCUT2D eigenvalue weighted by Gasteiger charge is -2.30. The molecule has 0 saturated carbocycles. The highest BCUT2D eigenvalue weighted by Gasteiger charge is 2.25. The van der Waals surface area contributed by atoms with Crippen LogP contribution in [0.5, 0.6) is 11.5 Å². The molecule has 0 spiro atoms. The SMILES string of the molecule is CCOc1cc2c(cc1OCC)[C@H](c1cc(C)c(C)cc1C)NCC2. The lowest BCUT2D eigenvalue weighted by molar-refractivity contribution is 0.286. The van der Waals surface area contributed by atoms with Crippen LogP contribution in [0.3, 0.4) is 0 Å². The van der Waals surface area contributed by atoms with E-state index in [1.165, 1.54) is 33.4 Å². The summed E-state index contributed by atoms with van der Waals surface area (Å²) < 4.78 is 11.7. The summed E-state index contributed by atoms with van der Waals surface area (Å²) in [4.78, 5) is 0. The molecule has 0 aliphatic carbocycles. The van der Waals surface area contributed by atoms with Gasteiger partial charge in [-0.3, -0.25) is 0 Å². The first-order chi connectivity index (χ1) is 12.0. The third-order valence-corrected chi connectivity index (χ3v) is 5.05. The van der Waals surface area contributed by atoms with E-state index in [1.807, 2.05) is 13.8 Å². The van der Waals surface area contributed by atoms with E-state index in [4.69, 9.17) is 9.47 Å². The van der Waals surface area contributed by atoms with Crippen molar-refractivity contribution in [3.05, 3.63) is 57.6 Å². The topological polar surface area (TPSA) is 30.5 Å². The Morgan fingerprint density at radius 1 is 0.840 bits per heavy atom. The highest BCUT2D eigenvalue weighted by Crippen LogP contribution is 2.38. The van der Waals surface area contributed by atoms with Crippen LogP contribution in [0.2, 0.25) is 0 Å². The number of rotatable bonds is 5. The fraction of sp³-hybridized carbons (Fsp3) is 0.455. The van der Waals surface area contributed by atoms with E-state index in [9.17, 15) is 0 Å². The number of ether oxygens (including phenoxy) is 2. The van der Waals surface area contributed by atoms with Crippen molar-refractivity contribution < 1.29 is 9.47 Å². The van der Waals surface area contributed by atoms with Gasteiger partial charge in [0.05, 0.1) is 19.3 Å². The molecule has 1 heterocycles. The first-order valence-corrected chi connectivity index (χ1v) is 9.28. The highest BCUT2D eigenvalue weighted by atomic mass is 16.5. The predicted molar refractivity (Wildman–Crippen MR) is 103 cm³/mol. The van der Waals surface area contributed by atoms with Gasteiger partial charge >= 0.3 is 0 Å². The first kappa shape index (κ1) is 17.8. The van der Waals surface area contributed by atoms with Crippen molar-refractivity contribution in [2.24, 2.45) is 0 Å². The van der Waals surface area contributed by atoms with E-state index < -0.39 is 0 Å². The number of hydrogen-bond donors (Lipinski definition) is 1. The molecule has 1 N–H and O–H groups in total. The molecule has 1 aliphatic heterocycles. The number of fused-ring (bicyclic) bond motifs is 1. The largest absolute Gasteiger partial charge is 0.490 e. The minimum Gasteiger partial charge on any atom is -0.490 e. The third kappa shape index (κ3) is 3.52. The summed E-state index contributed by atoms with van der Waals surface area (Å²) in [6.07, 6.45) is 1.02. The fourth-order valence-electron chi connectivity index (χ4n) is 3.67. The second kappa shape index (κ2) is 7.49. The number of aryl methyl sites for hydroxylation is 3. The van der Waals surface area contributed by atoms with Gasteiger partial charge in [0, 0.05) is 6.54 Å². The smallest absolute Gasteiger partial charge is 0.161 e. The van der Waals surface area contributed by atoms with Gasteiger partial charge in [0.2, 0.25) is 0 Å². The van der Waals surface area contributed by atoms with E-state index in [2.05, 4.69) is 50.4 Å². The fourth-order valence-corrected chi connectivity index (χ4v) is 3.67. The minimum atomic E-state index is 0.206. The maximum absolute atomic E-state index is 5.86. The molecule has 3 nitrogen and oxygen atoms in total. The van der Waals surface area contributed by atoms with Crippen LogP contribution < -0.4 is 14.8 Å². The Kier molecular flexibility index (Phi) is 5.33. The van der Waals surface area contributed by atoms with Gasteiger partial charge in [-0.2, -0.15) is 0 Å². The van der Waals surface area contributed by atoms with Crippen molar-refractivity contribution >= 4 is 0 Å². The van der Waals surface area contributed by atoms with E-state index >= 15 is 0 Å². The summed E-state index contributed by atoms with van der Waals surface area (Å²) in [6, 6.07) is 9.17. The van der Waals surface area contributed by atoms with Crippen LogP contribution >= 0.6 is 0 Å². The lowest BCUT2D eigenvalue weighted by atomic mass is 9.86. The Balaban J connectivity index is 2.09. The Hall–Kier alpha value is -2.00. The molecule has 3 heteroatoms. The van der Waals surface area contributed by atoms with Crippen molar-refractivity contribution in [3.8, 4) is 11.5 Å². The van der Waals surface area contributed by atoms with Crippen LogP contribution in [-0.4, -0.2) is 19.8 Å². The maximum Gasteiger partial charge on any atom is 0.161 e. The average molecular weight is 339 g/mol. The Labute approximate surface area is 151 Å². The lowest BCUT2D eigenvalue weighted by Crippen LogP contribution is -2.31. The monoisotopic (exact) mass is 339 g/mol. The van der Waals surface area contributed by atoms with Gasteiger partial charge in [-0.1, -0.05) is 12.1 Å². The molecule has 0 unspecified atom stereocenters. The van der Waals surface area contributed by atoms with Crippen LogP contribution in [0.4, 0.5) is 0 Å². The second-order valence-corrected chi connectivity index (χ2v) is 6.79. The third-order valence-electron chi connectivity index (χ3n) is 5.05. The summed E-state index contributed by atoms with van der Waals surface area (Å²) in [6.45, 7) is 12.9. The summed E-state index contributed by atoms with van der Waals surface area (Å²) >= 11 is 0. The van der Waals surface area contributed by atoms with E-state index in [-0.39, 0.29) is 6.04 Å². The summed E-state index contributed by atoms with van der Waals surface area (Å²) in [7, 11) is 0. The molecular formula is C22H29NO2. The molecule has 0 amide bonds. The van der Waals surface area contributed by atoms with Gasteiger partial charge < -0.3 is 14.8 Å². The molecule has 1 atom stereocenters. The van der Waals surface area contributed by atoms with Crippen molar-refractivity contribution in [1.29, 1.82) is 0 Å². The van der Waals surface area contributed by atoms with Crippen molar-refractivity contribution in [2.75, 3.05) is 19.8 Å². The zero-order chi connectivity index (χ0) is 18.0. The van der Waals surface area contributed by atoms with E-state index in [0.717, 1.165) is 24.5 Å². The zero-order valence-corrected chi connectivity index (χ0v) is 16.0. The summed E-state index contributed by atoms with van der Waals surface area (Å²) in [5.41, 5.74) is 8.04. The normalized spacial score (nSPS) is 16.4. The standard InChI is InChI=1S/C22H29NO2/c1-6-24-20-12-17-8-9-23-22(19(17)13-21(20)25-7-2)18-11-15(4)14(3)10-16(18)5/h10-13,22-23H,6-9H2,1-5H3/t22-/m0/s1. The molecule has 134 valence electrons. The first-order valence-electron chi connectivity index (χ1n) is 9.28. The quantitative estimate of drug-likeness (QED) is 0.860. The van der Waals surface area contributed by atoms with Crippen molar-refractivity contribution in [2.45, 2.75) is 47.1 Å². The molecule has 0 fully saturated rings. The summed E-state index contributed by atoms with van der Waals surface area (Å²) in [5, 5.41) is 3.70. The molecule has 1 aliphatic rings. The molecule has 2 aromatic rings.